The molecule has 0 spiro atoms. The van der Waals surface area contributed by atoms with E-state index in [2.05, 4.69) is 17.2 Å². The van der Waals surface area contributed by atoms with Crippen LogP contribution in [0.1, 0.15) is 17.8 Å². The van der Waals surface area contributed by atoms with Crippen LogP contribution >= 0.6 is 23.6 Å². The average Bonchev–Trinajstić information content (AvgIpc) is 2.61. The lowest BCUT2D eigenvalue weighted by atomic mass is 10.3. The number of aromatic nitrogens is 2. The van der Waals surface area contributed by atoms with E-state index in [-0.39, 0.29) is 0 Å². The molecule has 1 heterocycles. The van der Waals surface area contributed by atoms with Crippen molar-refractivity contribution in [3.63, 3.8) is 0 Å². The van der Waals surface area contributed by atoms with Crippen LogP contribution in [-0.4, -0.2) is 22.9 Å². The minimum Gasteiger partial charge on any atom is -0.315 e. The second-order valence-electron chi connectivity index (χ2n) is 3.61. The molecule has 0 amide bonds. The van der Waals surface area contributed by atoms with E-state index < -0.39 is 0 Å². The zero-order chi connectivity index (χ0) is 12.7. The van der Waals surface area contributed by atoms with Crippen molar-refractivity contribution in [3.8, 4) is 12.1 Å². The standard InChI is InChI=1S/C10H13N5S2/c1-9-13-15(10(16)17-9)8-14(6-2-4-11)7-3-5-12/h2-3,6-8H2,1H3/p+1. The molecule has 0 aliphatic heterocycles. The molecule has 1 aromatic rings. The summed E-state index contributed by atoms with van der Waals surface area (Å²) >= 11 is 6.67. The van der Waals surface area contributed by atoms with E-state index in [1.807, 2.05) is 6.92 Å². The van der Waals surface area contributed by atoms with E-state index in [1.165, 1.54) is 11.3 Å². The van der Waals surface area contributed by atoms with Crippen LogP contribution in [0, 0.1) is 33.5 Å². The van der Waals surface area contributed by atoms with Crippen molar-refractivity contribution < 1.29 is 4.90 Å². The lowest BCUT2D eigenvalue weighted by Crippen LogP contribution is -3.11. The molecule has 1 rings (SSSR count). The number of nitrogens with zero attached hydrogens (tertiary/aromatic N) is 4. The van der Waals surface area contributed by atoms with Crippen molar-refractivity contribution >= 4 is 23.6 Å². The maximum absolute atomic E-state index is 8.60. The molecule has 0 radical (unpaired) electrons. The normalized spacial score (nSPS) is 10.1. The molecule has 90 valence electrons. The third-order valence-electron chi connectivity index (χ3n) is 2.26. The number of quaternary nitrogens is 1. The second kappa shape index (κ2) is 7.13. The minimum atomic E-state index is 0.483. The van der Waals surface area contributed by atoms with Gasteiger partial charge in [-0.15, -0.1) is 0 Å². The van der Waals surface area contributed by atoms with Gasteiger partial charge < -0.3 is 4.90 Å². The van der Waals surface area contributed by atoms with E-state index in [4.69, 9.17) is 22.7 Å². The summed E-state index contributed by atoms with van der Waals surface area (Å²) in [7, 11) is 0. The highest BCUT2D eigenvalue weighted by atomic mass is 32.1. The number of nitriles is 2. The van der Waals surface area contributed by atoms with Gasteiger partial charge in [-0.2, -0.15) is 20.3 Å². The van der Waals surface area contributed by atoms with Gasteiger partial charge in [-0.1, -0.05) is 11.3 Å². The highest BCUT2D eigenvalue weighted by Crippen LogP contribution is 2.04. The number of hydrogen-bond acceptors (Lipinski definition) is 5. The van der Waals surface area contributed by atoms with Crippen LogP contribution < -0.4 is 4.90 Å². The van der Waals surface area contributed by atoms with Crippen LogP contribution in [0.3, 0.4) is 0 Å². The molecule has 0 saturated heterocycles. The van der Waals surface area contributed by atoms with Gasteiger partial charge in [-0.25, -0.2) is 0 Å². The molecule has 0 aliphatic carbocycles. The zero-order valence-corrected chi connectivity index (χ0v) is 11.3. The fourth-order valence-corrected chi connectivity index (χ4v) is 2.54. The van der Waals surface area contributed by atoms with Crippen LogP contribution in [0.2, 0.25) is 0 Å². The van der Waals surface area contributed by atoms with Crippen molar-refractivity contribution in [2.75, 3.05) is 13.1 Å². The molecule has 0 unspecified atom stereocenters. The first-order chi connectivity index (χ1) is 8.17. The molecule has 0 fully saturated rings. The van der Waals surface area contributed by atoms with Crippen LogP contribution in [0.15, 0.2) is 0 Å². The largest absolute Gasteiger partial charge is 0.315 e. The molecule has 17 heavy (non-hydrogen) atoms. The van der Waals surface area contributed by atoms with Gasteiger partial charge in [0.1, 0.15) is 5.01 Å². The average molecular weight is 268 g/mol. The Balaban J connectivity index is 2.65. The molecule has 0 bridgehead atoms. The molecule has 1 aromatic heterocycles. The molecule has 0 aliphatic rings. The summed E-state index contributed by atoms with van der Waals surface area (Å²) in [4.78, 5) is 1.16. The summed E-state index contributed by atoms with van der Waals surface area (Å²) in [6.07, 6.45) is 0.967. The van der Waals surface area contributed by atoms with Gasteiger partial charge in [0, 0.05) is 0 Å². The molecule has 0 atom stereocenters. The van der Waals surface area contributed by atoms with E-state index >= 15 is 0 Å². The van der Waals surface area contributed by atoms with Crippen molar-refractivity contribution in [1.29, 1.82) is 10.5 Å². The van der Waals surface area contributed by atoms with Gasteiger partial charge in [0.25, 0.3) is 0 Å². The Kier molecular flexibility index (Phi) is 5.78. The maximum atomic E-state index is 8.60. The first-order valence-corrected chi connectivity index (χ1v) is 6.52. The molecular weight excluding hydrogens is 254 g/mol. The van der Waals surface area contributed by atoms with E-state index in [0.29, 0.717) is 19.5 Å². The predicted octanol–water partition coefficient (Wildman–Crippen LogP) is 0.652. The predicted molar refractivity (Wildman–Crippen MR) is 66.8 cm³/mol. The Bertz CT molecular complexity index is 472. The third kappa shape index (κ3) is 4.61. The first kappa shape index (κ1) is 13.8. The van der Waals surface area contributed by atoms with Crippen LogP contribution in [0.5, 0.6) is 0 Å². The summed E-state index contributed by atoms with van der Waals surface area (Å²) < 4.78 is 2.52. The smallest absolute Gasteiger partial charge is 0.184 e. The number of aryl methyl sites for hydroxylation is 1. The molecule has 0 saturated carbocycles. The van der Waals surface area contributed by atoms with Crippen molar-refractivity contribution in [3.05, 3.63) is 8.96 Å². The minimum absolute atomic E-state index is 0.483. The Morgan fingerprint density at radius 2 is 1.94 bits per heavy atom. The van der Waals surface area contributed by atoms with Gasteiger partial charge in [0.2, 0.25) is 0 Å². The molecule has 5 nitrogen and oxygen atoms in total. The fraction of sp³-hybridized carbons (Fsp3) is 0.600. The summed E-state index contributed by atoms with van der Waals surface area (Å²) in [6, 6.07) is 4.25. The molecule has 0 aromatic carbocycles. The summed E-state index contributed by atoms with van der Waals surface area (Å²) in [5.41, 5.74) is 0. The quantitative estimate of drug-likeness (QED) is 0.769. The lowest BCUT2D eigenvalue weighted by molar-refractivity contribution is -0.922. The van der Waals surface area contributed by atoms with Gasteiger partial charge in [-0.05, 0) is 19.1 Å². The van der Waals surface area contributed by atoms with Gasteiger partial charge in [-0.3, -0.25) is 0 Å². The summed E-state index contributed by atoms with van der Waals surface area (Å²) in [5, 5.41) is 22.4. The summed E-state index contributed by atoms with van der Waals surface area (Å²) in [5.74, 6) is 0. The Hall–Kier alpha value is -1.28. The molecule has 1 N–H and O–H groups in total. The fourth-order valence-electron chi connectivity index (χ4n) is 1.47. The van der Waals surface area contributed by atoms with E-state index in [0.717, 1.165) is 27.0 Å². The third-order valence-corrected chi connectivity index (χ3v) is 3.48. The van der Waals surface area contributed by atoms with E-state index in [9.17, 15) is 0 Å². The topological polar surface area (TPSA) is 69.8 Å². The molecular formula is C10H14N5S2+. The number of nitrogens with one attached hydrogen (secondary N) is 1. The zero-order valence-electron chi connectivity index (χ0n) is 9.64. The van der Waals surface area contributed by atoms with Crippen LogP contribution in [0.4, 0.5) is 0 Å². The van der Waals surface area contributed by atoms with Crippen molar-refractivity contribution in [1.82, 2.24) is 9.78 Å². The monoisotopic (exact) mass is 268 g/mol. The highest BCUT2D eigenvalue weighted by molar-refractivity contribution is 7.73. The Labute approximate surface area is 110 Å². The molecule has 7 heteroatoms. The van der Waals surface area contributed by atoms with Crippen molar-refractivity contribution in [2.24, 2.45) is 0 Å². The SMILES string of the molecule is Cc1nn(C[NH+](CCC#N)CCC#N)c(=S)s1. The van der Waals surface area contributed by atoms with Crippen molar-refractivity contribution in [2.45, 2.75) is 26.4 Å². The van der Waals surface area contributed by atoms with Gasteiger partial charge in [0.05, 0.1) is 38.1 Å². The van der Waals surface area contributed by atoms with Crippen LogP contribution in [-0.2, 0) is 6.67 Å². The summed E-state index contributed by atoms with van der Waals surface area (Å²) in [6.45, 7) is 3.99. The lowest BCUT2D eigenvalue weighted by Gasteiger charge is -2.16. The van der Waals surface area contributed by atoms with Gasteiger partial charge >= 0.3 is 0 Å². The Morgan fingerprint density at radius 3 is 2.35 bits per heavy atom. The second-order valence-corrected chi connectivity index (χ2v) is 5.44. The number of rotatable bonds is 6. The number of hydrogen-bond donors (Lipinski definition) is 1. The maximum Gasteiger partial charge on any atom is 0.184 e. The van der Waals surface area contributed by atoms with Crippen LogP contribution in [0.25, 0.3) is 0 Å². The Morgan fingerprint density at radius 1 is 1.35 bits per heavy atom. The first-order valence-electron chi connectivity index (χ1n) is 5.29. The highest BCUT2D eigenvalue weighted by Gasteiger charge is 2.10. The van der Waals surface area contributed by atoms with E-state index in [1.54, 1.807) is 4.68 Å². The van der Waals surface area contributed by atoms with Gasteiger partial charge in [0.15, 0.2) is 10.6 Å².